The third kappa shape index (κ3) is 2.32. The van der Waals surface area contributed by atoms with E-state index in [1.165, 1.54) is 0 Å². The molecule has 4 nitrogen and oxygen atoms in total. The molecule has 1 aliphatic rings. The number of ketones is 1. The number of Topliss-reactive ketones (excluding diaryl/α,β-unsaturated/α-hetero) is 1. The van der Waals surface area contributed by atoms with E-state index in [0.717, 1.165) is 18.8 Å². The summed E-state index contributed by atoms with van der Waals surface area (Å²) in [7, 11) is 2.09. The lowest BCUT2D eigenvalue weighted by Crippen LogP contribution is -2.33. The molecule has 4 heteroatoms. The van der Waals surface area contributed by atoms with Gasteiger partial charge in [-0.2, -0.15) is 5.10 Å². The number of carbonyl (C=O) groups is 1. The van der Waals surface area contributed by atoms with Gasteiger partial charge in [-0.1, -0.05) is 13.8 Å². The number of hydrogen-bond acceptors (Lipinski definition) is 3. The molecule has 1 aromatic heterocycles. The highest BCUT2D eigenvalue weighted by molar-refractivity contribution is 5.92. The lowest BCUT2D eigenvalue weighted by atomic mass is 10.1. The normalized spacial score (nSPS) is 19.7. The Hall–Kier alpha value is -1.16. The number of likely N-dealkylation sites (N-methyl/N-ethyl adjacent to an activating group) is 1. The molecule has 1 aliphatic heterocycles. The van der Waals surface area contributed by atoms with Crippen LogP contribution in [0.15, 0.2) is 6.07 Å². The third-order valence-electron chi connectivity index (χ3n) is 2.93. The summed E-state index contributed by atoms with van der Waals surface area (Å²) in [5.41, 5.74) is 1.73. The molecule has 0 saturated heterocycles. The minimum absolute atomic E-state index is 0.0433. The standard InChI is InChI=1S/C10H15N3O.C2H6/c1-7-10-6-9(8(2)14)11-13(10)5-4-12(7)3;1-2/h6-7H,4-5H2,1-3H3;1-2H3. The second kappa shape index (κ2) is 5.25. The summed E-state index contributed by atoms with van der Waals surface area (Å²) in [4.78, 5) is 13.4. The van der Waals surface area contributed by atoms with E-state index < -0.39 is 0 Å². The van der Waals surface area contributed by atoms with Crippen molar-refractivity contribution in [1.82, 2.24) is 14.7 Å². The minimum Gasteiger partial charge on any atom is -0.296 e. The molecule has 1 atom stereocenters. The van der Waals surface area contributed by atoms with Crippen LogP contribution in [0.1, 0.15) is 49.9 Å². The lowest BCUT2D eigenvalue weighted by Gasteiger charge is -2.30. The fraction of sp³-hybridized carbons (Fsp3) is 0.667. The van der Waals surface area contributed by atoms with Crippen molar-refractivity contribution in [3.63, 3.8) is 0 Å². The van der Waals surface area contributed by atoms with Crippen molar-refractivity contribution >= 4 is 5.78 Å². The summed E-state index contributed by atoms with van der Waals surface area (Å²) in [6.45, 7) is 9.57. The predicted octanol–water partition coefficient (Wildman–Crippen LogP) is 2.12. The summed E-state index contributed by atoms with van der Waals surface area (Å²) < 4.78 is 1.95. The van der Waals surface area contributed by atoms with Crippen molar-refractivity contribution in [2.24, 2.45) is 0 Å². The SMILES string of the molecule is CC.CC(=O)c1cc2n(n1)CCN(C)C2C. The first-order chi connectivity index (χ1) is 7.59. The van der Waals surface area contributed by atoms with E-state index in [1.54, 1.807) is 6.92 Å². The van der Waals surface area contributed by atoms with Crippen LogP contribution in [0.2, 0.25) is 0 Å². The van der Waals surface area contributed by atoms with Gasteiger partial charge in [-0.3, -0.25) is 14.4 Å². The van der Waals surface area contributed by atoms with Gasteiger partial charge in [0.2, 0.25) is 0 Å². The maximum absolute atomic E-state index is 11.2. The predicted molar refractivity (Wildman–Crippen MR) is 64.6 cm³/mol. The summed E-state index contributed by atoms with van der Waals surface area (Å²) in [5.74, 6) is 0.0433. The van der Waals surface area contributed by atoms with Crippen molar-refractivity contribution in [3.8, 4) is 0 Å². The Kier molecular flexibility index (Phi) is 4.24. The molecule has 2 rings (SSSR count). The van der Waals surface area contributed by atoms with Gasteiger partial charge in [0, 0.05) is 19.5 Å². The van der Waals surface area contributed by atoms with Gasteiger partial charge >= 0.3 is 0 Å². The van der Waals surface area contributed by atoms with Gasteiger partial charge in [0.05, 0.1) is 12.2 Å². The number of aromatic nitrogens is 2. The fourth-order valence-corrected chi connectivity index (χ4v) is 1.79. The molecular formula is C12H21N3O. The minimum atomic E-state index is 0.0433. The van der Waals surface area contributed by atoms with Gasteiger partial charge in [0.25, 0.3) is 0 Å². The second-order valence-electron chi connectivity index (χ2n) is 3.89. The van der Waals surface area contributed by atoms with Crippen molar-refractivity contribution in [3.05, 3.63) is 17.5 Å². The van der Waals surface area contributed by atoms with Gasteiger partial charge in [-0.05, 0) is 20.0 Å². The number of hydrogen-bond donors (Lipinski definition) is 0. The van der Waals surface area contributed by atoms with E-state index in [4.69, 9.17) is 0 Å². The van der Waals surface area contributed by atoms with Crippen LogP contribution in [0.3, 0.4) is 0 Å². The number of nitrogens with zero attached hydrogens (tertiary/aromatic N) is 3. The number of fused-ring (bicyclic) bond motifs is 1. The quantitative estimate of drug-likeness (QED) is 0.684. The van der Waals surface area contributed by atoms with Crippen LogP contribution in [-0.2, 0) is 6.54 Å². The maximum atomic E-state index is 11.2. The molecule has 0 radical (unpaired) electrons. The van der Waals surface area contributed by atoms with Gasteiger partial charge < -0.3 is 0 Å². The highest BCUT2D eigenvalue weighted by Gasteiger charge is 2.23. The molecule has 0 aliphatic carbocycles. The maximum Gasteiger partial charge on any atom is 0.179 e. The summed E-state index contributed by atoms with van der Waals surface area (Å²) in [6, 6.07) is 2.26. The molecule has 0 spiro atoms. The Bertz CT molecular complexity index is 370. The van der Waals surface area contributed by atoms with E-state index >= 15 is 0 Å². The molecule has 90 valence electrons. The van der Waals surface area contributed by atoms with Crippen LogP contribution in [0, 0.1) is 0 Å². The van der Waals surface area contributed by atoms with E-state index in [-0.39, 0.29) is 5.78 Å². The molecule has 0 bridgehead atoms. The van der Waals surface area contributed by atoms with E-state index in [2.05, 4.69) is 24.0 Å². The number of carbonyl (C=O) groups excluding carboxylic acids is 1. The van der Waals surface area contributed by atoms with Crippen LogP contribution >= 0.6 is 0 Å². The van der Waals surface area contributed by atoms with Crippen LogP contribution in [-0.4, -0.2) is 34.1 Å². The molecule has 0 N–H and O–H groups in total. The van der Waals surface area contributed by atoms with Crippen LogP contribution in [0.25, 0.3) is 0 Å². The summed E-state index contributed by atoms with van der Waals surface area (Å²) >= 11 is 0. The summed E-state index contributed by atoms with van der Waals surface area (Å²) in [6.07, 6.45) is 0. The third-order valence-corrected chi connectivity index (χ3v) is 2.93. The Morgan fingerprint density at radius 1 is 1.44 bits per heavy atom. The van der Waals surface area contributed by atoms with Crippen LogP contribution in [0.4, 0.5) is 0 Å². The first kappa shape index (κ1) is 12.9. The Balaban J connectivity index is 0.000000606. The molecule has 0 aromatic carbocycles. The lowest BCUT2D eigenvalue weighted by molar-refractivity contribution is 0.101. The van der Waals surface area contributed by atoms with Gasteiger partial charge in [-0.15, -0.1) is 0 Å². The first-order valence-corrected chi connectivity index (χ1v) is 5.88. The molecule has 1 unspecified atom stereocenters. The topological polar surface area (TPSA) is 38.1 Å². The highest BCUT2D eigenvalue weighted by Crippen LogP contribution is 2.23. The van der Waals surface area contributed by atoms with Crippen molar-refractivity contribution in [1.29, 1.82) is 0 Å². The molecular weight excluding hydrogens is 202 g/mol. The molecule has 0 fully saturated rings. The Morgan fingerprint density at radius 2 is 2.06 bits per heavy atom. The second-order valence-corrected chi connectivity index (χ2v) is 3.89. The monoisotopic (exact) mass is 223 g/mol. The first-order valence-electron chi connectivity index (χ1n) is 5.88. The largest absolute Gasteiger partial charge is 0.296 e. The Labute approximate surface area is 97.2 Å². The molecule has 1 aromatic rings. The summed E-state index contributed by atoms with van der Waals surface area (Å²) in [5, 5.41) is 4.28. The van der Waals surface area contributed by atoms with E-state index in [1.807, 2.05) is 24.6 Å². The van der Waals surface area contributed by atoms with Gasteiger partial charge in [0.15, 0.2) is 5.78 Å². The molecule has 0 saturated carbocycles. The zero-order valence-corrected chi connectivity index (χ0v) is 10.8. The smallest absolute Gasteiger partial charge is 0.179 e. The zero-order valence-electron chi connectivity index (χ0n) is 10.8. The van der Waals surface area contributed by atoms with Gasteiger partial charge in [0.1, 0.15) is 5.69 Å². The molecule has 2 heterocycles. The van der Waals surface area contributed by atoms with Crippen molar-refractivity contribution < 1.29 is 4.79 Å². The van der Waals surface area contributed by atoms with E-state index in [9.17, 15) is 4.79 Å². The van der Waals surface area contributed by atoms with Crippen LogP contribution < -0.4 is 0 Å². The van der Waals surface area contributed by atoms with Gasteiger partial charge in [-0.25, -0.2) is 0 Å². The molecule has 0 amide bonds. The average molecular weight is 223 g/mol. The van der Waals surface area contributed by atoms with Crippen LogP contribution in [0.5, 0.6) is 0 Å². The zero-order chi connectivity index (χ0) is 12.3. The van der Waals surface area contributed by atoms with E-state index in [0.29, 0.717) is 11.7 Å². The van der Waals surface area contributed by atoms with Crippen molar-refractivity contribution in [2.45, 2.75) is 40.3 Å². The fourth-order valence-electron chi connectivity index (χ4n) is 1.79. The average Bonchev–Trinajstić information content (AvgIpc) is 2.71. The Morgan fingerprint density at radius 3 is 2.62 bits per heavy atom. The van der Waals surface area contributed by atoms with Crippen molar-refractivity contribution in [2.75, 3.05) is 13.6 Å². The number of rotatable bonds is 1. The highest BCUT2D eigenvalue weighted by atomic mass is 16.1. The molecule has 16 heavy (non-hydrogen) atoms.